The number of aryl methyl sites for hydroxylation is 2. The largest absolute Gasteiger partial charge is 0.478 e. The lowest BCUT2D eigenvalue weighted by Gasteiger charge is -2.09. The number of benzene rings is 1. The van der Waals surface area contributed by atoms with Gasteiger partial charge in [-0.15, -0.1) is 0 Å². The molecule has 0 saturated carbocycles. The molecule has 1 amide bonds. The SMILES string of the molecule is Cc1ccc(NC(=O)c2[nH]c3c(c2C)C(=O)CCC3)cc1C(=O)O. The fraction of sp³-hybridized carbons (Fsp3) is 0.278. The van der Waals surface area contributed by atoms with E-state index in [0.29, 0.717) is 34.5 Å². The molecule has 3 N–H and O–H groups in total. The Labute approximate surface area is 138 Å². The highest BCUT2D eigenvalue weighted by Crippen LogP contribution is 2.27. The second-order valence-electron chi connectivity index (χ2n) is 6.04. The summed E-state index contributed by atoms with van der Waals surface area (Å²) in [6.45, 7) is 3.45. The lowest BCUT2D eigenvalue weighted by molar-refractivity contribution is 0.0695. The highest BCUT2D eigenvalue weighted by atomic mass is 16.4. The van der Waals surface area contributed by atoms with E-state index in [0.717, 1.165) is 18.5 Å². The number of aromatic nitrogens is 1. The number of aromatic amines is 1. The van der Waals surface area contributed by atoms with E-state index in [9.17, 15) is 14.4 Å². The van der Waals surface area contributed by atoms with Crippen LogP contribution in [0.1, 0.15) is 60.9 Å². The number of aromatic carboxylic acids is 1. The molecule has 1 aliphatic carbocycles. The summed E-state index contributed by atoms with van der Waals surface area (Å²) in [6, 6.07) is 4.73. The summed E-state index contributed by atoms with van der Waals surface area (Å²) < 4.78 is 0. The van der Waals surface area contributed by atoms with E-state index >= 15 is 0 Å². The molecule has 0 unspecified atom stereocenters. The molecule has 2 aromatic rings. The number of Topliss-reactive ketones (excluding diaryl/α,β-unsaturated/α-hetero) is 1. The molecule has 6 nitrogen and oxygen atoms in total. The molecule has 1 aromatic heterocycles. The number of rotatable bonds is 3. The Hall–Kier alpha value is -2.89. The maximum Gasteiger partial charge on any atom is 0.336 e. The van der Waals surface area contributed by atoms with Gasteiger partial charge in [0.1, 0.15) is 5.69 Å². The van der Waals surface area contributed by atoms with Gasteiger partial charge in [-0.25, -0.2) is 4.79 Å². The number of anilines is 1. The van der Waals surface area contributed by atoms with Crippen LogP contribution in [0.5, 0.6) is 0 Å². The van der Waals surface area contributed by atoms with E-state index in [4.69, 9.17) is 5.11 Å². The zero-order valence-electron chi connectivity index (χ0n) is 13.5. The molecule has 0 aliphatic heterocycles. The van der Waals surface area contributed by atoms with Gasteiger partial charge in [0, 0.05) is 23.4 Å². The van der Waals surface area contributed by atoms with Crippen LogP contribution in [0.25, 0.3) is 0 Å². The number of ketones is 1. The van der Waals surface area contributed by atoms with Crippen molar-refractivity contribution in [3.63, 3.8) is 0 Å². The first kappa shape index (κ1) is 16.0. The number of carboxylic acids is 1. The van der Waals surface area contributed by atoms with Gasteiger partial charge in [-0.3, -0.25) is 9.59 Å². The topological polar surface area (TPSA) is 99.3 Å². The number of fused-ring (bicyclic) bond motifs is 1. The molecule has 0 saturated heterocycles. The van der Waals surface area contributed by atoms with Crippen molar-refractivity contribution in [1.82, 2.24) is 4.98 Å². The number of carboxylic acid groups (broad SMARTS) is 1. The summed E-state index contributed by atoms with van der Waals surface area (Å²) in [5.74, 6) is -1.36. The smallest absolute Gasteiger partial charge is 0.336 e. The molecule has 1 aliphatic rings. The maximum absolute atomic E-state index is 12.5. The quantitative estimate of drug-likeness (QED) is 0.807. The molecule has 24 heavy (non-hydrogen) atoms. The summed E-state index contributed by atoms with van der Waals surface area (Å²) in [6.07, 6.45) is 2.04. The first-order valence-corrected chi connectivity index (χ1v) is 7.78. The third-order valence-corrected chi connectivity index (χ3v) is 4.39. The van der Waals surface area contributed by atoms with Crippen molar-refractivity contribution in [3.8, 4) is 0 Å². The van der Waals surface area contributed by atoms with Crippen molar-refractivity contribution in [1.29, 1.82) is 0 Å². The lowest BCUT2D eigenvalue weighted by Crippen LogP contribution is -2.14. The fourth-order valence-electron chi connectivity index (χ4n) is 3.12. The van der Waals surface area contributed by atoms with E-state index in [-0.39, 0.29) is 17.3 Å². The number of carbonyl (C=O) groups excluding carboxylic acids is 2. The van der Waals surface area contributed by atoms with Gasteiger partial charge < -0.3 is 15.4 Å². The predicted octanol–water partition coefficient (Wildman–Crippen LogP) is 3.10. The van der Waals surface area contributed by atoms with Crippen molar-refractivity contribution in [2.75, 3.05) is 5.32 Å². The molecule has 0 bridgehead atoms. The van der Waals surface area contributed by atoms with Crippen LogP contribution in [0.15, 0.2) is 18.2 Å². The monoisotopic (exact) mass is 326 g/mol. The Morgan fingerprint density at radius 2 is 1.96 bits per heavy atom. The summed E-state index contributed by atoms with van der Waals surface area (Å²) >= 11 is 0. The van der Waals surface area contributed by atoms with E-state index in [2.05, 4.69) is 10.3 Å². The Bertz CT molecular complexity index is 864. The predicted molar refractivity (Wildman–Crippen MR) is 88.9 cm³/mol. The molecule has 0 spiro atoms. The van der Waals surface area contributed by atoms with E-state index in [1.165, 1.54) is 6.07 Å². The standard InChI is InChI=1S/C18H18N2O4/c1-9-6-7-11(8-12(9)18(23)24)19-17(22)16-10(2)15-13(20-16)4-3-5-14(15)21/h6-8,20H,3-5H2,1-2H3,(H,19,22)(H,23,24). The van der Waals surface area contributed by atoms with Crippen LogP contribution in [0.3, 0.4) is 0 Å². The Morgan fingerprint density at radius 3 is 2.62 bits per heavy atom. The maximum atomic E-state index is 12.5. The number of hydrogen-bond donors (Lipinski definition) is 3. The van der Waals surface area contributed by atoms with Crippen LogP contribution in [0, 0.1) is 13.8 Å². The average Bonchev–Trinajstić information content (AvgIpc) is 2.87. The summed E-state index contributed by atoms with van der Waals surface area (Å²) in [5.41, 5.74) is 3.61. The van der Waals surface area contributed by atoms with Crippen molar-refractivity contribution < 1.29 is 19.5 Å². The summed E-state index contributed by atoms with van der Waals surface area (Å²) in [7, 11) is 0. The molecule has 1 heterocycles. The zero-order valence-corrected chi connectivity index (χ0v) is 13.5. The number of amides is 1. The van der Waals surface area contributed by atoms with Crippen molar-refractivity contribution in [3.05, 3.63) is 51.8 Å². The van der Waals surface area contributed by atoms with Gasteiger partial charge in [0.15, 0.2) is 5.78 Å². The van der Waals surface area contributed by atoms with Crippen molar-refractivity contribution in [2.45, 2.75) is 33.1 Å². The Balaban J connectivity index is 1.90. The van der Waals surface area contributed by atoms with Crippen LogP contribution in [0.2, 0.25) is 0 Å². The van der Waals surface area contributed by atoms with Crippen LogP contribution < -0.4 is 5.32 Å². The van der Waals surface area contributed by atoms with Crippen LogP contribution in [0.4, 0.5) is 5.69 Å². The van der Waals surface area contributed by atoms with E-state index < -0.39 is 5.97 Å². The van der Waals surface area contributed by atoms with E-state index in [1.54, 1.807) is 26.0 Å². The van der Waals surface area contributed by atoms with Gasteiger partial charge in [-0.1, -0.05) is 6.07 Å². The minimum atomic E-state index is -1.04. The molecular formula is C18H18N2O4. The first-order valence-electron chi connectivity index (χ1n) is 7.78. The molecule has 124 valence electrons. The van der Waals surface area contributed by atoms with Crippen LogP contribution in [-0.2, 0) is 6.42 Å². The van der Waals surface area contributed by atoms with Gasteiger partial charge in [0.05, 0.1) is 5.56 Å². The van der Waals surface area contributed by atoms with Gasteiger partial charge >= 0.3 is 5.97 Å². The molecule has 6 heteroatoms. The van der Waals surface area contributed by atoms with Gasteiger partial charge in [-0.05, 0) is 49.9 Å². The molecular weight excluding hydrogens is 308 g/mol. The number of H-pyrrole nitrogens is 1. The minimum Gasteiger partial charge on any atom is -0.478 e. The normalized spacial score (nSPS) is 13.5. The third kappa shape index (κ3) is 2.71. The molecule has 1 aromatic carbocycles. The second-order valence-corrected chi connectivity index (χ2v) is 6.04. The molecule has 0 radical (unpaired) electrons. The Morgan fingerprint density at radius 1 is 1.21 bits per heavy atom. The first-order chi connectivity index (χ1) is 11.4. The highest BCUT2D eigenvalue weighted by molar-refractivity contribution is 6.08. The van der Waals surface area contributed by atoms with Crippen molar-refractivity contribution >= 4 is 23.3 Å². The minimum absolute atomic E-state index is 0.0625. The van der Waals surface area contributed by atoms with Crippen LogP contribution in [-0.4, -0.2) is 27.8 Å². The fourth-order valence-corrected chi connectivity index (χ4v) is 3.12. The molecule has 3 rings (SSSR count). The average molecular weight is 326 g/mol. The second kappa shape index (κ2) is 5.96. The highest BCUT2D eigenvalue weighted by Gasteiger charge is 2.26. The third-order valence-electron chi connectivity index (χ3n) is 4.39. The Kier molecular flexibility index (Phi) is 3.97. The number of hydrogen-bond acceptors (Lipinski definition) is 3. The number of nitrogens with one attached hydrogen (secondary N) is 2. The molecule has 0 fully saturated rings. The van der Waals surface area contributed by atoms with Crippen LogP contribution >= 0.6 is 0 Å². The number of carbonyl (C=O) groups is 3. The van der Waals surface area contributed by atoms with E-state index in [1.807, 2.05) is 0 Å². The van der Waals surface area contributed by atoms with Gasteiger partial charge in [-0.2, -0.15) is 0 Å². The van der Waals surface area contributed by atoms with Gasteiger partial charge in [0.25, 0.3) is 5.91 Å². The zero-order chi connectivity index (χ0) is 17.4. The van der Waals surface area contributed by atoms with Crippen molar-refractivity contribution in [2.24, 2.45) is 0 Å². The van der Waals surface area contributed by atoms with Gasteiger partial charge in [0.2, 0.25) is 0 Å². The molecule has 0 atom stereocenters. The summed E-state index contributed by atoms with van der Waals surface area (Å²) in [4.78, 5) is 38.8. The lowest BCUT2D eigenvalue weighted by atomic mass is 9.94. The summed E-state index contributed by atoms with van der Waals surface area (Å²) in [5, 5.41) is 11.9.